The van der Waals surface area contributed by atoms with Gasteiger partial charge in [-0.05, 0) is 0 Å². The molecule has 256 valence electrons. The summed E-state index contributed by atoms with van der Waals surface area (Å²) in [6.45, 7) is 25.7. The quantitative estimate of drug-likeness (QED) is 0.0779. The van der Waals surface area contributed by atoms with Gasteiger partial charge in [-0.15, -0.1) is 52.6 Å². The molecule has 0 saturated heterocycles. The fourth-order valence-electron chi connectivity index (χ4n) is 1.30. The van der Waals surface area contributed by atoms with Gasteiger partial charge in [0.2, 0.25) is 0 Å². The topological polar surface area (TPSA) is 234 Å². The Morgan fingerprint density at radius 1 is 0.333 bits per heavy atom. The number of hydrogen-bond donors (Lipinski definition) is 0. The molecular formula is C24H40O16P4Ti. The molecule has 0 amide bonds. The molecule has 21 heteroatoms. The van der Waals surface area contributed by atoms with Crippen molar-refractivity contribution in [2.45, 2.75) is 0 Å². The number of rotatable bonds is 24. The van der Waals surface area contributed by atoms with Gasteiger partial charge in [0, 0.05) is 0 Å². The van der Waals surface area contributed by atoms with E-state index in [1.54, 1.807) is 0 Å². The molecule has 45 heavy (non-hydrogen) atoms. The Morgan fingerprint density at radius 2 is 0.422 bits per heavy atom. The third kappa shape index (κ3) is 47.6. The summed E-state index contributed by atoms with van der Waals surface area (Å²) in [5.74, 6) is 0. The Hall–Kier alpha value is -0.926. The molecule has 0 N–H and O–H groups in total. The molecule has 0 aliphatic heterocycles. The van der Waals surface area contributed by atoms with E-state index in [1.807, 2.05) is 0 Å². The summed E-state index contributed by atoms with van der Waals surface area (Å²) in [7, 11) is -16.5. The van der Waals surface area contributed by atoms with Gasteiger partial charge in [0.05, 0.1) is 52.9 Å². The third-order valence-corrected chi connectivity index (χ3v) is 6.53. The summed E-state index contributed by atoms with van der Waals surface area (Å²) in [6.07, 6.45) is 10.6. The van der Waals surface area contributed by atoms with Crippen LogP contribution in [-0.2, 0) is 76.2 Å². The van der Waals surface area contributed by atoms with Crippen molar-refractivity contribution in [3.05, 3.63) is 101 Å². The van der Waals surface area contributed by atoms with E-state index < -0.39 is 31.3 Å². The van der Waals surface area contributed by atoms with Gasteiger partial charge in [-0.3, -0.25) is 18.3 Å². The summed E-state index contributed by atoms with van der Waals surface area (Å²) in [5, 5.41) is 0. The minimum Gasteiger partial charge on any atom is -0.756 e. The van der Waals surface area contributed by atoms with E-state index in [9.17, 15) is 37.8 Å². The van der Waals surface area contributed by atoms with Gasteiger partial charge in [-0.1, -0.05) is 48.6 Å². The minimum absolute atomic E-state index is 0. The van der Waals surface area contributed by atoms with Gasteiger partial charge >= 0.3 is 21.7 Å². The Balaban J connectivity index is -0.000000157. The first kappa shape index (κ1) is 53.6. The van der Waals surface area contributed by atoms with Gasteiger partial charge in [0.15, 0.2) is 0 Å². The Labute approximate surface area is 280 Å². The predicted molar refractivity (Wildman–Crippen MR) is 160 cm³/mol. The maximum Gasteiger partial charge on any atom is 4.00 e. The van der Waals surface area contributed by atoms with Crippen LogP contribution in [0.15, 0.2) is 101 Å². The van der Waals surface area contributed by atoms with Gasteiger partial charge in [-0.25, -0.2) is 0 Å². The first-order valence-electron chi connectivity index (χ1n) is 11.8. The average molecular weight is 756 g/mol. The second-order valence-corrected chi connectivity index (χ2v) is 12.1. The second-order valence-electron chi connectivity index (χ2n) is 6.46. The number of phosphoric ester groups is 4. The van der Waals surface area contributed by atoms with E-state index in [4.69, 9.17) is 0 Å². The van der Waals surface area contributed by atoms with Crippen molar-refractivity contribution in [2.24, 2.45) is 0 Å². The molecule has 0 radical (unpaired) electrons. The fraction of sp³-hybridized carbons (Fsp3) is 0.333. The SMILES string of the molecule is C=CCOP(=O)([O-])OCC=C.C=CCOP(=O)([O-])OCC=C.C=CCOP(=O)([O-])OCC=C.C=CCOP(=O)([O-])OCC=C.[Ti+4]. The zero-order valence-electron chi connectivity index (χ0n) is 24.8. The van der Waals surface area contributed by atoms with E-state index >= 15 is 0 Å². The molecule has 0 unspecified atom stereocenters. The summed E-state index contributed by atoms with van der Waals surface area (Å²) >= 11 is 0. The molecule has 0 heterocycles. The second kappa shape index (κ2) is 34.4. The van der Waals surface area contributed by atoms with Crippen LogP contribution in [0.25, 0.3) is 0 Å². The minimum atomic E-state index is -4.12. The van der Waals surface area contributed by atoms with E-state index in [2.05, 4.69) is 88.8 Å². The molecule has 0 saturated carbocycles. The van der Waals surface area contributed by atoms with E-state index in [0.717, 1.165) is 0 Å². The molecule has 0 aromatic rings. The molecule has 16 nitrogen and oxygen atoms in total. The predicted octanol–water partition coefficient (Wildman–Crippen LogP) is 3.44. The summed E-state index contributed by atoms with van der Waals surface area (Å²) in [4.78, 5) is 42.5. The monoisotopic (exact) mass is 756 g/mol. The van der Waals surface area contributed by atoms with Crippen molar-refractivity contribution in [1.29, 1.82) is 0 Å². The zero-order valence-corrected chi connectivity index (χ0v) is 29.9. The molecule has 0 atom stereocenters. The summed E-state index contributed by atoms with van der Waals surface area (Å²) in [6, 6.07) is 0. The van der Waals surface area contributed by atoms with Gasteiger partial charge in [0.1, 0.15) is 0 Å². The van der Waals surface area contributed by atoms with E-state index in [-0.39, 0.29) is 74.6 Å². The maximum atomic E-state index is 10.6. The molecule has 0 aromatic carbocycles. The standard InChI is InChI=1S/4C6H11O4P.Ti/c4*1-3-5-9-11(7,8)10-6-4-2;/h4*3-4H,1-2,5-6H2,(H,7,8);/q;;;;+4/p-4. The van der Waals surface area contributed by atoms with Crippen LogP contribution in [0.5, 0.6) is 0 Å². The van der Waals surface area contributed by atoms with Crippen LogP contribution in [-0.4, -0.2) is 52.9 Å². The first-order chi connectivity index (χ1) is 20.5. The zero-order chi connectivity index (χ0) is 35.0. The van der Waals surface area contributed by atoms with Crippen LogP contribution in [0.4, 0.5) is 0 Å². The Morgan fingerprint density at radius 3 is 0.489 bits per heavy atom. The summed E-state index contributed by atoms with van der Waals surface area (Å²) < 4.78 is 76.9. The maximum absolute atomic E-state index is 10.6. The molecule has 0 aliphatic carbocycles. The van der Waals surface area contributed by atoms with Crippen LogP contribution in [0.2, 0.25) is 0 Å². The van der Waals surface area contributed by atoms with Gasteiger partial charge in [0.25, 0.3) is 31.3 Å². The van der Waals surface area contributed by atoms with Crippen molar-refractivity contribution in [3.63, 3.8) is 0 Å². The first-order valence-corrected chi connectivity index (χ1v) is 17.6. The third-order valence-electron chi connectivity index (χ3n) is 2.80. The van der Waals surface area contributed by atoms with E-state index in [1.165, 1.54) is 48.6 Å². The smallest absolute Gasteiger partial charge is 0.756 e. The van der Waals surface area contributed by atoms with Crippen LogP contribution in [0, 0.1) is 0 Å². The van der Waals surface area contributed by atoms with Crippen molar-refractivity contribution < 1.29 is 95.7 Å². The van der Waals surface area contributed by atoms with Crippen LogP contribution >= 0.6 is 31.3 Å². The molecular weight excluding hydrogens is 716 g/mol. The molecule has 0 rings (SSSR count). The van der Waals surface area contributed by atoms with Crippen LogP contribution < -0.4 is 19.6 Å². The molecule has 0 fully saturated rings. The van der Waals surface area contributed by atoms with Gasteiger partial charge in [-0.2, -0.15) is 0 Å². The van der Waals surface area contributed by atoms with Crippen molar-refractivity contribution in [2.75, 3.05) is 52.9 Å². The fourth-order valence-corrected chi connectivity index (χ4v) is 3.90. The molecule has 0 bridgehead atoms. The van der Waals surface area contributed by atoms with Crippen LogP contribution in [0.3, 0.4) is 0 Å². The Kier molecular flexibility index (Phi) is 41.0. The normalized spacial score (nSPS) is 10.8. The average Bonchev–Trinajstić information content (AvgIpc) is 2.98. The van der Waals surface area contributed by atoms with Crippen molar-refractivity contribution >= 4 is 31.3 Å². The molecule has 0 spiro atoms. The van der Waals surface area contributed by atoms with Crippen molar-refractivity contribution in [1.82, 2.24) is 0 Å². The van der Waals surface area contributed by atoms with Gasteiger partial charge < -0.3 is 55.8 Å². The van der Waals surface area contributed by atoms with Crippen molar-refractivity contribution in [3.8, 4) is 0 Å². The molecule has 0 aromatic heterocycles. The van der Waals surface area contributed by atoms with Crippen LogP contribution in [0.1, 0.15) is 0 Å². The largest absolute Gasteiger partial charge is 4.00 e. The number of hydrogen-bond acceptors (Lipinski definition) is 16. The Bertz CT molecular complexity index is 813. The van der Waals surface area contributed by atoms with E-state index in [0.29, 0.717) is 0 Å². The molecule has 0 aliphatic rings. The summed E-state index contributed by atoms with van der Waals surface area (Å²) in [5.41, 5.74) is 0. The number of phosphoric acid groups is 4.